The molecule has 0 aliphatic rings. The van der Waals surface area contributed by atoms with Gasteiger partial charge in [0, 0.05) is 17.3 Å². The monoisotopic (exact) mass is 632 g/mol. The summed E-state index contributed by atoms with van der Waals surface area (Å²) in [6.45, 7) is 2.53. The number of amides is 1. The van der Waals surface area contributed by atoms with Crippen molar-refractivity contribution >= 4 is 38.0 Å². The third-order valence-electron chi connectivity index (χ3n) is 7.37. The van der Waals surface area contributed by atoms with Crippen LogP contribution in [0.5, 0.6) is 5.75 Å². The fraction of sp³-hybridized carbons (Fsp3) is 0.250. The molecule has 5 aromatic rings. The lowest BCUT2D eigenvalue weighted by Crippen LogP contribution is -2.43. The lowest BCUT2D eigenvalue weighted by atomic mass is 10.0. The number of rotatable bonds is 13. The lowest BCUT2D eigenvalue weighted by molar-refractivity contribution is 0.0947. The molecule has 12 heteroatoms. The van der Waals surface area contributed by atoms with E-state index in [1.807, 2.05) is 18.2 Å². The van der Waals surface area contributed by atoms with Crippen LogP contribution in [0, 0.1) is 0 Å². The number of fused-ring (bicyclic) bond motifs is 1. The first-order valence-corrected chi connectivity index (χ1v) is 17.4. The standard InChI is InChI=1S/C32H36N6O4S2/c1-2-3-4-5-6-15-22-34-31(40)27-28(39)25-20-13-14-21-26(25)30(44(33,41,42)24-18-11-8-12-19-24)29(27)43-32-35-36-37-38(32)23-16-9-7-10-17-23/h7-14,16-21,39H,2-6,15,22H2,1H3,(H,34,40)(H3,33,41,42). The number of unbranched alkanes of at least 4 members (excludes halogenated alkanes) is 5. The van der Waals surface area contributed by atoms with Gasteiger partial charge in [-0.15, -0.1) is 5.10 Å². The summed E-state index contributed by atoms with van der Waals surface area (Å²) in [6.07, 6.45) is 6.23. The van der Waals surface area contributed by atoms with Crippen molar-refractivity contribution in [1.82, 2.24) is 25.5 Å². The van der Waals surface area contributed by atoms with E-state index in [-0.39, 0.29) is 41.9 Å². The molecule has 0 atom stereocenters. The third-order valence-corrected chi connectivity index (χ3v) is 10.9. The number of aromatic hydroxyl groups is 1. The van der Waals surface area contributed by atoms with Gasteiger partial charge in [0.05, 0.1) is 25.9 Å². The molecule has 0 saturated carbocycles. The molecular weight excluding hydrogens is 597 g/mol. The molecular formula is C32H36N6O4S2. The Bertz CT molecular complexity index is 1820. The number of hydrogen-bond acceptors (Lipinski definition) is 7. The van der Waals surface area contributed by atoms with E-state index in [1.54, 1.807) is 54.6 Å². The van der Waals surface area contributed by atoms with Gasteiger partial charge in [0.2, 0.25) is 5.16 Å². The Labute approximate surface area is 260 Å². The molecule has 1 amide bonds. The minimum Gasteiger partial charge on any atom is -0.506 e. The summed E-state index contributed by atoms with van der Waals surface area (Å²) in [5.41, 5.74) is 0.463. The highest BCUT2D eigenvalue weighted by Crippen LogP contribution is 2.50. The van der Waals surface area contributed by atoms with Crippen LogP contribution >= 0.6 is 11.8 Å². The van der Waals surface area contributed by atoms with Crippen LogP contribution in [0.2, 0.25) is 0 Å². The number of nitrogens with zero attached hydrogens (tertiary/aromatic N) is 4. The average Bonchev–Trinajstić information content (AvgIpc) is 3.49. The molecule has 1 aromatic heterocycles. The molecule has 5 rings (SSSR count). The van der Waals surface area contributed by atoms with Gasteiger partial charge in [-0.25, -0.2) is 5.14 Å². The second-order valence-corrected chi connectivity index (χ2v) is 14.3. The van der Waals surface area contributed by atoms with E-state index in [0.29, 0.717) is 12.2 Å². The van der Waals surface area contributed by atoms with Crippen molar-refractivity contribution in [3.8, 4) is 11.4 Å². The molecule has 0 saturated heterocycles. The van der Waals surface area contributed by atoms with Crippen LogP contribution < -0.4 is 10.5 Å². The number of tetrazole rings is 1. The van der Waals surface area contributed by atoms with Gasteiger partial charge in [0.25, 0.3) is 5.91 Å². The van der Waals surface area contributed by atoms with Crippen LogP contribution in [-0.2, 0) is 9.53 Å². The smallest absolute Gasteiger partial charge is 0.256 e. The summed E-state index contributed by atoms with van der Waals surface area (Å²) >= 11 is 0.892. The molecule has 0 aliphatic carbocycles. The SMILES string of the molecule is CCCCCCCCNC(=O)c1c(Sc2nnnn2-c2ccccc2)c(S(N)(=O)(O)c2ccccc2)c2ccccc2c1O. The summed E-state index contributed by atoms with van der Waals surface area (Å²) < 4.78 is 28.4. The van der Waals surface area contributed by atoms with Crippen LogP contribution in [0.3, 0.4) is 0 Å². The van der Waals surface area contributed by atoms with E-state index in [0.717, 1.165) is 43.9 Å². The first kappa shape index (κ1) is 31.3. The fourth-order valence-corrected chi connectivity index (χ4v) is 8.70. The number of carbonyl (C=O) groups is 1. The maximum Gasteiger partial charge on any atom is 0.256 e. The van der Waals surface area contributed by atoms with E-state index in [1.165, 1.54) is 23.2 Å². The number of nitrogens with two attached hydrogens (primary N) is 1. The van der Waals surface area contributed by atoms with Crippen LogP contribution in [0.4, 0.5) is 0 Å². The molecule has 5 N–H and O–H groups in total. The summed E-state index contributed by atoms with van der Waals surface area (Å²) in [5.74, 6) is -0.928. The number of phenols is 1. The Morgan fingerprint density at radius 2 is 1.52 bits per heavy atom. The minimum absolute atomic E-state index is 0.0144. The van der Waals surface area contributed by atoms with Crippen molar-refractivity contribution in [3.63, 3.8) is 0 Å². The Kier molecular flexibility index (Phi) is 9.45. The van der Waals surface area contributed by atoms with Crippen LogP contribution in [-0.4, -0.2) is 46.5 Å². The quantitative estimate of drug-likeness (QED) is 0.109. The number of aromatic nitrogens is 4. The number of hydrogen-bond donors (Lipinski definition) is 4. The average molecular weight is 633 g/mol. The number of nitrogens with one attached hydrogen (secondary N) is 1. The molecule has 0 fully saturated rings. The summed E-state index contributed by atoms with van der Waals surface area (Å²) in [6, 6.07) is 23.6. The van der Waals surface area contributed by atoms with Crippen molar-refractivity contribution in [2.45, 2.75) is 65.3 Å². The fourth-order valence-electron chi connectivity index (χ4n) is 5.13. The predicted molar refractivity (Wildman–Crippen MR) is 173 cm³/mol. The van der Waals surface area contributed by atoms with Crippen molar-refractivity contribution in [2.24, 2.45) is 5.14 Å². The van der Waals surface area contributed by atoms with Crippen molar-refractivity contribution in [2.75, 3.05) is 6.54 Å². The van der Waals surface area contributed by atoms with Gasteiger partial charge >= 0.3 is 0 Å². The Morgan fingerprint density at radius 3 is 2.23 bits per heavy atom. The highest BCUT2D eigenvalue weighted by molar-refractivity contribution is 8.14. The normalized spacial score (nSPS) is 12.6. The third kappa shape index (κ3) is 6.39. The number of benzene rings is 4. The molecule has 0 aliphatic heterocycles. The van der Waals surface area contributed by atoms with E-state index in [9.17, 15) is 18.7 Å². The van der Waals surface area contributed by atoms with Crippen molar-refractivity contribution in [3.05, 3.63) is 90.5 Å². The van der Waals surface area contributed by atoms with E-state index in [4.69, 9.17) is 5.14 Å². The number of carbonyl (C=O) groups excluding carboxylic acids is 1. The van der Waals surface area contributed by atoms with Crippen LogP contribution in [0.15, 0.2) is 105 Å². The van der Waals surface area contributed by atoms with Gasteiger partial charge in [-0.05, 0) is 52.9 Å². The molecule has 0 unspecified atom stereocenters. The summed E-state index contributed by atoms with van der Waals surface area (Å²) in [7, 11) is -5.37. The highest BCUT2D eigenvalue weighted by Gasteiger charge is 2.38. The summed E-state index contributed by atoms with van der Waals surface area (Å²) in [4.78, 5) is 13.7. The molecule has 44 heavy (non-hydrogen) atoms. The zero-order valence-electron chi connectivity index (χ0n) is 24.4. The molecule has 0 bridgehead atoms. The van der Waals surface area contributed by atoms with Crippen molar-refractivity contribution in [1.29, 1.82) is 0 Å². The second-order valence-electron chi connectivity index (χ2n) is 10.5. The van der Waals surface area contributed by atoms with Gasteiger partial charge in [0.1, 0.15) is 5.75 Å². The zero-order valence-corrected chi connectivity index (χ0v) is 26.1. The molecule has 0 spiro atoms. The maximum atomic E-state index is 14.8. The van der Waals surface area contributed by atoms with Crippen LogP contribution in [0.25, 0.3) is 16.5 Å². The lowest BCUT2D eigenvalue weighted by Gasteiger charge is -2.41. The molecule has 230 valence electrons. The highest BCUT2D eigenvalue weighted by atomic mass is 32.3. The minimum atomic E-state index is -5.37. The second kappa shape index (κ2) is 13.3. The Morgan fingerprint density at radius 1 is 0.909 bits per heavy atom. The predicted octanol–water partition coefficient (Wildman–Crippen LogP) is 6.35. The molecule has 4 aromatic carbocycles. The topological polar surface area (TPSA) is 156 Å². The summed E-state index contributed by atoms with van der Waals surface area (Å²) in [5, 5.41) is 33.8. The Hall–Kier alpha value is -4.10. The number of para-hydroxylation sites is 1. The maximum absolute atomic E-state index is 14.8. The molecule has 0 radical (unpaired) electrons. The number of phenolic OH excluding ortho intramolecular Hbond substituents is 1. The molecule has 1 heterocycles. The van der Waals surface area contributed by atoms with Gasteiger partial charge in [-0.1, -0.05) is 109 Å². The van der Waals surface area contributed by atoms with Gasteiger partial charge in [-0.2, -0.15) is 8.89 Å². The zero-order chi connectivity index (χ0) is 31.2. The Balaban J connectivity index is 1.69. The van der Waals surface area contributed by atoms with Gasteiger partial charge < -0.3 is 10.4 Å². The van der Waals surface area contributed by atoms with Crippen LogP contribution in [0.1, 0.15) is 55.8 Å². The van der Waals surface area contributed by atoms with E-state index >= 15 is 0 Å². The van der Waals surface area contributed by atoms with Gasteiger partial charge in [0.15, 0.2) is 0 Å². The first-order chi connectivity index (χ1) is 21.2. The van der Waals surface area contributed by atoms with Gasteiger partial charge in [-0.3, -0.25) is 9.35 Å². The van der Waals surface area contributed by atoms with E-state index < -0.39 is 15.4 Å². The largest absolute Gasteiger partial charge is 0.506 e. The van der Waals surface area contributed by atoms with Crippen molar-refractivity contribution < 1.29 is 18.7 Å². The molecule has 10 nitrogen and oxygen atoms in total. The van der Waals surface area contributed by atoms with E-state index in [2.05, 4.69) is 27.8 Å². The first-order valence-electron chi connectivity index (χ1n) is 14.6.